The zero-order valence-corrected chi connectivity index (χ0v) is 22.7. The highest BCUT2D eigenvalue weighted by Gasteiger charge is 2.70. The number of aliphatic hydroxyl groups is 4. The fraction of sp³-hybridized carbons (Fsp3) is 0.833. The van der Waals surface area contributed by atoms with E-state index in [1.807, 2.05) is 0 Å². The van der Waals surface area contributed by atoms with Gasteiger partial charge in [0.15, 0.2) is 0 Å². The number of aliphatic hydroxyl groups excluding tert-OH is 2. The van der Waals surface area contributed by atoms with Crippen LogP contribution in [0.25, 0.3) is 0 Å². The fourth-order valence-corrected chi connectivity index (χ4v) is 10.2. The van der Waals surface area contributed by atoms with Gasteiger partial charge in [-0.2, -0.15) is 0 Å². The highest BCUT2D eigenvalue weighted by Crippen LogP contribution is 2.75. The van der Waals surface area contributed by atoms with Crippen LogP contribution in [0.1, 0.15) is 93.4 Å². The molecule has 0 radical (unpaired) electrons. The topological polar surface area (TPSA) is 98.0 Å². The standard InChI is InChI=1S/C30H46O5/c1-24(2)19-8-11-26(4)20(25(19,3)10-9-21(24)33)16-18(32)22-23-29(7,35)28(6,34)13-15-30(23,17-31)14-12-27(22,26)5/h13,15,17-21,32-35H,8-12,14,16H2,1-7H3/t18-,19?,20?,21+,25+,26-,27-,28+,29+,30+/m1/s1. The van der Waals surface area contributed by atoms with E-state index in [0.717, 1.165) is 44.0 Å². The predicted octanol–water partition coefficient (Wildman–Crippen LogP) is 4.32. The number of carbonyl (C=O) groups is 1. The van der Waals surface area contributed by atoms with Gasteiger partial charge in [0, 0.05) is 0 Å². The molecule has 10 atom stereocenters. The zero-order valence-electron chi connectivity index (χ0n) is 22.7. The lowest BCUT2D eigenvalue weighted by molar-refractivity contribution is -0.215. The van der Waals surface area contributed by atoms with E-state index < -0.39 is 28.1 Å². The molecule has 0 amide bonds. The number of hydrogen-bond donors (Lipinski definition) is 4. The summed E-state index contributed by atoms with van der Waals surface area (Å²) in [5.74, 6) is 0.638. The van der Waals surface area contributed by atoms with E-state index >= 15 is 0 Å². The number of rotatable bonds is 1. The van der Waals surface area contributed by atoms with E-state index in [0.29, 0.717) is 24.3 Å². The SMILES string of the molecule is CC1(C)C2CC[C@]3(C)C(C[C@@H](O)C4=C5[C@](C=O)(C=C[C@](C)(O)[C@@]5(C)O)CC[C@]43C)[C@@]2(C)CC[C@@H]1O. The predicted molar refractivity (Wildman–Crippen MR) is 135 cm³/mol. The number of hydrogen-bond acceptors (Lipinski definition) is 5. The van der Waals surface area contributed by atoms with Crippen molar-refractivity contribution in [3.05, 3.63) is 23.3 Å². The largest absolute Gasteiger partial charge is 0.393 e. The molecule has 5 heteroatoms. The maximum Gasteiger partial charge on any atom is 0.134 e. The molecule has 0 spiro atoms. The fourth-order valence-electron chi connectivity index (χ4n) is 10.2. The van der Waals surface area contributed by atoms with Crippen molar-refractivity contribution in [2.45, 2.75) is 117 Å². The van der Waals surface area contributed by atoms with Gasteiger partial charge in [-0.3, -0.25) is 0 Å². The molecule has 0 aromatic heterocycles. The van der Waals surface area contributed by atoms with Crippen molar-refractivity contribution in [3.63, 3.8) is 0 Å². The van der Waals surface area contributed by atoms with Gasteiger partial charge in [-0.1, -0.05) is 46.8 Å². The first-order valence-corrected chi connectivity index (χ1v) is 13.7. The van der Waals surface area contributed by atoms with Gasteiger partial charge in [-0.05, 0) is 103 Å². The summed E-state index contributed by atoms with van der Waals surface area (Å²) in [6.07, 6.45) is 8.80. The summed E-state index contributed by atoms with van der Waals surface area (Å²) in [6.45, 7) is 14.6. The summed E-state index contributed by atoms with van der Waals surface area (Å²) in [7, 11) is 0. The molecule has 2 unspecified atom stereocenters. The molecular formula is C30H46O5. The molecule has 0 aromatic carbocycles. The van der Waals surface area contributed by atoms with Crippen LogP contribution in [0.2, 0.25) is 0 Å². The highest BCUT2D eigenvalue weighted by molar-refractivity contribution is 5.74. The Morgan fingerprint density at radius 2 is 1.51 bits per heavy atom. The van der Waals surface area contributed by atoms with E-state index in [1.165, 1.54) is 0 Å². The third-order valence-electron chi connectivity index (χ3n) is 12.8. The van der Waals surface area contributed by atoms with Crippen LogP contribution >= 0.6 is 0 Å². The highest BCUT2D eigenvalue weighted by atomic mass is 16.4. The molecule has 3 saturated carbocycles. The van der Waals surface area contributed by atoms with Gasteiger partial charge in [-0.25, -0.2) is 0 Å². The second-order valence-corrected chi connectivity index (χ2v) is 14.5. The lowest BCUT2D eigenvalue weighted by Crippen LogP contribution is -2.67. The Kier molecular flexibility index (Phi) is 5.19. The monoisotopic (exact) mass is 486 g/mol. The van der Waals surface area contributed by atoms with E-state index in [9.17, 15) is 25.2 Å². The number of carbonyl (C=O) groups excluding carboxylic acids is 1. The molecule has 196 valence electrons. The summed E-state index contributed by atoms with van der Waals surface area (Å²) in [5, 5.41) is 45.8. The molecule has 0 aliphatic heterocycles. The summed E-state index contributed by atoms with van der Waals surface area (Å²) in [4.78, 5) is 12.6. The van der Waals surface area contributed by atoms with E-state index in [-0.39, 0.29) is 28.3 Å². The Morgan fingerprint density at radius 3 is 2.14 bits per heavy atom. The number of aldehydes is 1. The van der Waals surface area contributed by atoms with Crippen LogP contribution in [-0.2, 0) is 4.79 Å². The van der Waals surface area contributed by atoms with E-state index in [1.54, 1.807) is 26.0 Å². The van der Waals surface area contributed by atoms with Crippen LogP contribution in [0.3, 0.4) is 0 Å². The van der Waals surface area contributed by atoms with Crippen LogP contribution in [0.15, 0.2) is 23.3 Å². The Labute approximate surface area is 210 Å². The van der Waals surface area contributed by atoms with Gasteiger partial charge >= 0.3 is 0 Å². The van der Waals surface area contributed by atoms with Crippen LogP contribution in [0.4, 0.5) is 0 Å². The third-order valence-corrected chi connectivity index (χ3v) is 12.8. The maximum atomic E-state index is 12.6. The van der Waals surface area contributed by atoms with Gasteiger partial charge < -0.3 is 25.2 Å². The molecule has 35 heavy (non-hydrogen) atoms. The van der Waals surface area contributed by atoms with Crippen LogP contribution in [0.5, 0.6) is 0 Å². The second-order valence-electron chi connectivity index (χ2n) is 14.5. The Morgan fingerprint density at radius 1 is 0.857 bits per heavy atom. The molecule has 5 aliphatic rings. The zero-order chi connectivity index (χ0) is 26.0. The summed E-state index contributed by atoms with van der Waals surface area (Å²) in [5.41, 5.74) is -3.59. The minimum Gasteiger partial charge on any atom is -0.393 e. The molecule has 0 aromatic rings. The van der Waals surface area contributed by atoms with Crippen LogP contribution in [-0.4, -0.2) is 50.1 Å². The first kappa shape index (κ1) is 25.6. The first-order valence-electron chi connectivity index (χ1n) is 13.7. The number of fused-ring (bicyclic) bond motifs is 6. The molecule has 0 saturated heterocycles. The lowest BCUT2D eigenvalue weighted by atomic mass is 9.33. The quantitative estimate of drug-likeness (QED) is 0.327. The van der Waals surface area contributed by atoms with Crippen molar-refractivity contribution in [2.24, 2.45) is 38.9 Å². The Balaban J connectivity index is 1.72. The normalized spacial score (nSPS) is 57.0. The molecule has 5 nitrogen and oxygen atoms in total. The van der Waals surface area contributed by atoms with Crippen LogP contribution in [0, 0.1) is 38.9 Å². The van der Waals surface area contributed by atoms with E-state index in [2.05, 4.69) is 34.6 Å². The minimum absolute atomic E-state index is 0.00437. The smallest absolute Gasteiger partial charge is 0.134 e. The first-order chi connectivity index (χ1) is 15.9. The van der Waals surface area contributed by atoms with Crippen molar-refractivity contribution in [1.29, 1.82) is 0 Å². The summed E-state index contributed by atoms with van der Waals surface area (Å²) >= 11 is 0. The van der Waals surface area contributed by atoms with Gasteiger partial charge in [-0.15, -0.1) is 0 Å². The van der Waals surface area contributed by atoms with Crippen molar-refractivity contribution < 1.29 is 25.2 Å². The van der Waals surface area contributed by atoms with Crippen molar-refractivity contribution in [1.82, 2.24) is 0 Å². The van der Waals surface area contributed by atoms with Gasteiger partial charge in [0.2, 0.25) is 0 Å². The van der Waals surface area contributed by atoms with Crippen molar-refractivity contribution in [2.75, 3.05) is 0 Å². The van der Waals surface area contributed by atoms with Gasteiger partial charge in [0.05, 0.1) is 17.6 Å². The maximum absolute atomic E-state index is 12.6. The van der Waals surface area contributed by atoms with Gasteiger partial charge in [0.1, 0.15) is 17.5 Å². The molecule has 0 heterocycles. The lowest BCUT2D eigenvalue weighted by Gasteiger charge is -2.71. The average Bonchev–Trinajstić information content (AvgIpc) is 2.76. The molecular weight excluding hydrogens is 440 g/mol. The molecule has 5 aliphatic carbocycles. The second kappa shape index (κ2) is 7.09. The number of allylic oxidation sites excluding steroid dienone is 1. The average molecular weight is 487 g/mol. The van der Waals surface area contributed by atoms with Gasteiger partial charge in [0.25, 0.3) is 0 Å². The Hall–Kier alpha value is -1.01. The third kappa shape index (κ3) is 2.82. The Bertz CT molecular complexity index is 1010. The molecule has 0 bridgehead atoms. The van der Waals surface area contributed by atoms with Crippen molar-refractivity contribution in [3.8, 4) is 0 Å². The van der Waals surface area contributed by atoms with E-state index in [4.69, 9.17) is 0 Å². The summed E-state index contributed by atoms with van der Waals surface area (Å²) in [6, 6.07) is 0. The summed E-state index contributed by atoms with van der Waals surface area (Å²) < 4.78 is 0. The van der Waals surface area contributed by atoms with Crippen molar-refractivity contribution >= 4 is 6.29 Å². The molecule has 4 N–H and O–H groups in total. The molecule has 5 rings (SSSR count). The minimum atomic E-state index is -1.66. The van der Waals surface area contributed by atoms with Crippen LogP contribution < -0.4 is 0 Å². The molecule has 3 fully saturated rings.